The van der Waals surface area contributed by atoms with E-state index in [-0.39, 0.29) is 5.69 Å². The van der Waals surface area contributed by atoms with Crippen molar-refractivity contribution in [1.82, 2.24) is 9.97 Å². The van der Waals surface area contributed by atoms with E-state index in [2.05, 4.69) is 61.7 Å². The molecule has 0 spiro atoms. The number of benzene rings is 1. The van der Waals surface area contributed by atoms with Crippen molar-refractivity contribution >= 4 is 42.9 Å². The lowest BCUT2D eigenvalue weighted by Crippen LogP contribution is -2.07. The van der Waals surface area contributed by atoms with E-state index in [0.717, 1.165) is 21.9 Å². The minimum Gasteiger partial charge on any atom is -0.306 e. The third-order valence-electron chi connectivity index (χ3n) is 3.80. The van der Waals surface area contributed by atoms with E-state index in [1.165, 1.54) is 24.8 Å². The molecule has 2 atom stereocenters. The van der Waals surface area contributed by atoms with Crippen LogP contribution >= 0.6 is 31.9 Å². The zero-order chi connectivity index (χ0) is 14.7. The summed E-state index contributed by atoms with van der Waals surface area (Å²) in [4.78, 5) is 17.3. The maximum absolute atomic E-state index is 11.4. The highest BCUT2D eigenvalue weighted by molar-refractivity contribution is 9.11. The van der Waals surface area contributed by atoms with Crippen LogP contribution < -0.4 is 5.69 Å². The second kappa shape index (κ2) is 6.94. The molecule has 0 saturated heterocycles. The molecular formula is C15H20Br2N2O. The van der Waals surface area contributed by atoms with Crippen LogP contribution in [-0.2, 0) is 0 Å². The molecule has 2 rings (SSSR count). The van der Waals surface area contributed by atoms with Crippen LogP contribution in [0.5, 0.6) is 0 Å². The van der Waals surface area contributed by atoms with Crippen LogP contribution in [0.1, 0.15) is 49.9 Å². The Bertz CT molecular complexity index is 632. The molecule has 0 aliphatic rings. The predicted octanol–water partition coefficient (Wildman–Crippen LogP) is 5.27. The fourth-order valence-electron chi connectivity index (χ4n) is 2.56. The van der Waals surface area contributed by atoms with Crippen molar-refractivity contribution < 1.29 is 0 Å². The Morgan fingerprint density at radius 2 is 1.85 bits per heavy atom. The molecule has 2 unspecified atom stereocenters. The van der Waals surface area contributed by atoms with Crippen molar-refractivity contribution in [2.75, 3.05) is 0 Å². The topological polar surface area (TPSA) is 48.6 Å². The molecule has 0 fully saturated rings. The van der Waals surface area contributed by atoms with Gasteiger partial charge in [0.05, 0.1) is 11.0 Å². The fourth-order valence-corrected chi connectivity index (χ4v) is 4.48. The van der Waals surface area contributed by atoms with Crippen molar-refractivity contribution in [3.63, 3.8) is 0 Å². The molecule has 1 aromatic carbocycles. The van der Waals surface area contributed by atoms with Gasteiger partial charge in [-0.05, 0) is 30.0 Å². The van der Waals surface area contributed by atoms with E-state index in [9.17, 15) is 4.79 Å². The molecule has 20 heavy (non-hydrogen) atoms. The molecule has 2 N–H and O–H groups in total. The van der Waals surface area contributed by atoms with E-state index in [0.29, 0.717) is 10.7 Å². The summed E-state index contributed by atoms with van der Waals surface area (Å²) in [6, 6.07) is 4.04. The molecule has 3 nitrogen and oxygen atoms in total. The van der Waals surface area contributed by atoms with Gasteiger partial charge in [-0.3, -0.25) is 0 Å². The molecule has 0 bridgehead atoms. The first-order valence-electron chi connectivity index (χ1n) is 7.12. The first-order valence-corrected chi connectivity index (χ1v) is 8.83. The van der Waals surface area contributed by atoms with E-state index >= 15 is 0 Å². The Hall–Kier alpha value is -0.550. The number of aromatic nitrogens is 2. The van der Waals surface area contributed by atoms with Crippen LogP contribution in [0.15, 0.2) is 21.4 Å². The number of unbranched alkanes of at least 4 members (excludes halogenated alkanes) is 1. The highest BCUT2D eigenvalue weighted by Gasteiger charge is 2.21. The van der Waals surface area contributed by atoms with Gasteiger partial charge in [-0.15, -0.1) is 0 Å². The van der Waals surface area contributed by atoms with E-state index < -0.39 is 0 Å². The first-order chi connectivity index (χ1) is 9.56. The Morgan fingerprint density at radius 1 is 1.20 bits per heavy atom. The lowest BCUT2D eigenvalue weighted by molar-refractivity contribution is 0.445. The second-order valence-corrected chi connectivity index (χ2v) is 7.05. The zero-order valence-corrected chi connectivity index (χ0v) is 15.0. The summed E-state index contributed by atoms with van der Waals surface area (Å²) in [5.74, 6) is 0.606. The Balaban J connectivity index is 2.34. The van der Waals surface area contributed by atoms with Gasteiger partial charge in [0.15, 0.2) is 0 Å². The smallest absolute Gasteiger partial charge is 0.306 e. The molecule has 0 amide bonds. The third kappa shape index (κ3) is 3.37. The van der Waals surface area contributed by atoms with E-state index in [4.69, 9.17) is 0 Å². The molecule has 110 valence electrons. The van der Waals surface area contributed by atoms with Crippen molar-refractivity contribution in [2.24, 2.45) is 5.92 Å². The molecule has 0 saturated carbocycles. The molecule has 1 heterocycles. The maximum Gasteiger partial charge on any atom is 0.323 e. The van der Waals surface area contributed by atoms with Crippen molar-refractivity contribution in [2.45, 2.75) is 44.4 Å². The Kier molecular flexibility index (Phi) is 5.49. The highest BCUT2D eigenvalue weighted by Crippen LogP contribution is 2.40. The molecule has 1 aromatic heterocycles. The van der Waals surface area contributed by atoms with Gasteiger partial charge in [-0.25, -0.2) is 4.79 Å². The number of fused-ring (bicyclic) bond motifs is 1. The van der Waals surface area contributed by atoms with E-state index in [1.807, 2.05) is 6.07 Å². The summed E-state index contributed by atoms with van der Waals surface area (Å²) in [5.41, 5.74) is 2.75. The molecule has 0 aliphatic carbocycles. The number of aromatic amines is 2. The van der Waals surface area contributed by atoms with Crippen LogP contribution in [0, 0.1) is 5.92 Å². The highest BCUT2D eigenvalue weighted by atomic mass is 79.9. The number of H-pyrrole nitrogens is 2. The van der Waals surface area contributed by atoms with Gasteiger partial charge in [0.25, 0.3) is 0 Å². The van der Waals surface area contributed by atoms with Gasteiger partial charge in [0.1, 0.15) is 0 Å². The van der Waals surface area contributed by atoms with Gasteiger partial charge < -0.3 is 9.97 Å². The second-order valence-electron chi connectivity index (χ2n) is 5.21. The minimum atomic E-state index is -0.159. The minimum absolute atomic E-state index is 0.159. The summed E-state index contributed by atoms with van der Waals surface area (Å²) >= 11 is 7.48. The number of halogens is 2. The van der Waals surface area contributed by atoms with Gasteiger partial charge in [-0.1, -0.05) is 65.0 Å². The van der Waals surface area contributed by atoms with Gasteiger partial charge in [0.2, 0.25) is 0 Å². The summed E-state index contributed by atoms with van der Waals surface area (Å²) in [6.07, 6.45) is 4.84. The number of hydrogen-bond donors (Lipinski definition) is 2. The number of nitrogens with one attached hydrogen (secondary N) is 2. The maximum atomic E-state index is 11.4. The summed E-state index contributed by atoms with van der Waals surface area (Å²) in [7, 11) is 0. The van der Waals surface area contributed by atoms with E-state index in [1.54, 1.807) is 0 Å². The van der Waals surface area contributed by atoms with Gasteiger partial charge in [0, 0.05) is 9.30 Å². The molecule has 5 heteroatoms. The lowest BCUT2D eigenvalue weighted by Gasteiger charge is -2.22. The zero-order valence-electron chi connectivity index (χ0n) is 11.8. The number of imidazole rings is 1. The Morgan fingerprint density at radius 3 is 2.45 bits per heavy atom. The molecule has 2 aromatic rings. The number of hydrogen-bond acceptors (Lipinski definition) is 1. The normalized spacial score (nSPS) is 14.6. The van der Waals surface area contributed by atoms with Crippen LogP contribution in [0.25, 0.3) is 11.0 Å². The summed E-state index contributed by atoms with van der Waals surface area (Å²) in [5, 5.41) is 0. The van der Waals surface area contributed by atoms with Crippen LogP contribution in [0.3, 0.4) is 0 Å². The standard InChI is InChI=1S/C15H20Br2N2O/c1-3-5-6-9(4-2)14(17)10-7-12-13(8-11(10)16)19-15(20)18-12/h7-9,14H,3-6H2,1-2H3,(H2,18,19,20). The Labute approximate surface area is 135 Å². The van der Waals surface area contributed by atoms with Crippen molar-refractivity contribution in [3.8, 4) is 0 Å². The molecule has 0 radical (unpaired) electrons. The van der Waals surface area contributed by atoms with Crippen molar-refractivity contribution in [3.05, 3.63) is 32.7 Å². The molecular weight excluding hydrogens is 384 g/mol. The number of rotatable bonds is 6. The van der Waals surface area contributed by atoms with Crippen LogP contribution in [0.4, 0.5) is 0 Å². The monoisotopic (exact) mass is 402 g/mol. The first kappa shape index (κ1) is 15.8. The number of alkyl halides is 1. The SMILES string of the molecule is CCCCC(CC)C(Br)c1cc2[nH]c(=O)[nH]c2cc1Br. The summed E-state index contributed by atoms with van der Waals surface area (Å²) < 4.78 is 1.04. The van der Waals surface area contributed by atoms with Gasteiger partial charge in [-0.2, -0.15) is 0 Å². The summed E-state index contributed by atoms with van der Waals surface area (Å²) in [6.45, 7) is 4.46. The fraction of sp³-hybridized carbons (Fsp3) is 0.533. The molecule has 0 aliphatic heterocycles. The largest absolute Gasteiger partial charge is 0.323 e. The van der Waals surface area contributed by atoms with Gasteiger partial charge >= 0.3 is 5.69 Å². The van der Waals surface area contributed by atoms with Crippen LogP contribution in [-0.4, -0.2) is 9.97 Å². The predicted molar refractivity (Wildman–Crippen MR) is 91.6 cm³/mol. The average Bonchev–Trinajstić information content (AvgIpc) is 2.77. The van der Waals surface area contributed by atoms with Crippen LogP contribution in [0.2, 0.25) is 0 Å². The third-order valence-corrected chi connectivity index (χ3v) is 5.72. The average molecular weight is 404 g/mol. The lowest BCUT2D eigenvalue weighted by atomic mass is 9.91. The quantitative estimate of drug-likeness (QED) is 0.634. The van der Waals surface area contributed by atoms with Crippen molar-refractivity contribution in [1.29, 1.82) is 0 Å².